The highest BCUT2D eigenvalue weighted by Crippen LogP contribution is 2.86. The average molecular weight is 315 g/mol. The molecule has 0 saturated carbocycles. The summed E-state index contributed by atoms with van der Waals surface area (Å²) in [6.45, 7) is -8.25. The van der Waals surface area contributed by atoms with Crippen molar-refractivity contribution in [3.8, 4) is 0 Å². The molecule has 12 heteroatoms. The van der Waals surface area contributed by atoms with Crippen LogP contribution < -0.4 is 0 Å². The normalized spacial score (nSPS) is 45.5. The van der Waals surface area contributed by atoms with E-state index in [2.05, 4.69) is 13.5 Å². The van der Waals surface area contributed by atoms with Gasteiger partial charge in [-0.15, -0.1) is 0 Å². The first-order valence-corrected chi connectivity index (χ1v) is 10.7. The second-order valence-electron chi connectivity index (χ2n) is 1.64. The fourth-order valence-electron chi connectivity index (χ4n) is 0.442. The first-order chi connectivity index (χ1) is 5.12. The van der Waals surface area contributed by atoms with Crippen LogP contribution in [0.2, 0.25) is 0 Å². The van der Waals surface area contributed by atoms with E-state index in [0.29, 0.717) is 0 Å². The van der Waals surface area contributed by atoms with E-state index in [4.69, 9.17) is 45.0 Å². The van der Waals surface area contributed by atoms with Gasteiger partial charge in [0.2, 0.25) is 0 Å². The van der Waals surface area contributed by atoms with Crippen LogP contribution in [0.25, 0.3) is 0 Å². The Morgan fingerprint density at radius 3 is 1.50 bits per heavy atom. The Labute approximate surface area is 86.5 Å². The third-order valence-electron chi connectivity index (χ3n) is 0.646. The van der Waals surface area contributed by atoms with Gasteiger partial charge >= 0.3 is 13.7 Å². The van der Waals surface area contributed by atoms with Crippen molar-refractivity contribution in [2.45, 2.75) is 0 Å². The van der Waals surface area contributed by atoms with Gasteiger partial charge in [-0.3, -0.25) is 0 Å². The zero-order chi connectivity index (χ0) is 9.62. The van der Waals surface area contributed by atoms with Crippen LogP contribution in [0.3, 0.4) is 0 Å². The molecular weight excluding hydrogens is 315 g/mol. The second kappa shape index (κ2) is 3.38. The Morgan fingerprint density at radius 1 is 0.750 bits per heavy atom. The maximum atomic E-state index is 12.9. The van der Waals surface area contributed by atoms with E-state index in [9.17, 15) is 8.39 Å². The molecule has 0 N–H and O–H groups in total. The summed E-state index contributed by atoms with van der Waals surface area (Å²) in [6, 6.07) is 0. The number of hydrogen-bond acceptors (Lipinski definition) is 3. The van der Waals surface area contributed by atoms with Gasteiger partial charge < -0.3 is 0 Å². The smallest absolute Gasteiger partial charge is 0.170 e. The zero-order valence-electron chi connectivity index (χ0n) is 4.95. The van der Waals surface area contributed by atoms with Gasteiger partial charge in [0.1, 0.15) is 0 Å². The lowest BCUT2D eigenvalue weighted by Crippen LogP contribution is -1.63. The van der Waals surface area contributed by atoms with E-state index in [1.165, 1.54) is 0 Å². The standard InChI is InChI=1S/Cl4F2N3P3/c1-10(2)7-11(3,5)9-12(4,6)8-10/t11-,12+. The van der Waals surface area contributed by atoms with Gasteiger partial charge in [-0.05, 0) is 45.0 Å². The lowest BCUT2D eigenvalue weighted by atomic mass is 13.8. The molecule has 0 saturated heterocycles. The Morgan fingerprint density at radius 2 is 1.17 bits per heavy atom. The molecule has 0 amide bonds. The molecular formula is Cl4F2N3P3. The fourth-order valence-corrected chi connectivity index (χ4v) is 13.1. The van der Waals surface area contributed by atoms with Crippen LogP contribution in [0.15, 0.2) is 13.5 Å². The minimum absolute atomic E-state index is 2.79. The first-order valence-electron chi connectivity index (χ1n) is 2.21. The summed E-state index contributed by atoms with van der Waals surface area (Å²) in [5, 5.41) is 0. The van der Waals surface area contributed by atoms with Crippen LogP contribution in [-0.2, 0) is 0 Å². The molecule has 0 aromatic rings. The van der Waals surface area contributed by atoms with Crippen molar-refractivity contribution in [3.63, 3.8) is 0 Å². The van der Waals surface area contributed by atoms with Crippen LogP contribution in [-0.4, -0.2) is 0 Å². The van der Waals surface area contributed by atoms with E-state index in [-0.39, 0.29) is 0 Å². The van der Waals surface area contributed by atoms with Gasteiger partial charge in [0, 0.05) is 0 Å². The number of halogens is 6. The van der Waals surface area contributed by atoms with Crippen molar-refractivity contribution in [2.24, 2.45) is 13.5 Å². The summed E-state index contributed by atoms with van der Waals surface area (Å²) in [4.78, 5) is 0. The molecule has 0 aliphatic carbocycles. The number of rotatable bonds is 0. The maximum Gasteiger partial charge on any atom is 0.339 e. The highest BCUT2D eigenvalue weighted by molar-refractivity contribution is 8.16. The zero-order valence-corrected chi connectivity index (χ0v) is 10.7. The lowest BCUT2D eigenvalue weighted by Gasteiger charge is -2.13. The molecule has 0 radical (unpaired) electrons. The van der Waals surface area contributed by atoms with Crippen LogP contribution in [0.1, 0.15) is 0 Å². The minimum atomic E-state index is -4.12. The van der Waals surface area contributed by atoms with Crippen molar-refractivity contribution in [1.29, 1.82) is 0 Å². The highest BCUT2D eigenvalue weighted by atomic mass is 35.9. The second-order valence-corrected chi connectivity index (χ2v) is 12.4. The summed E-state index contributed by atoms with van der Waals surface area (Å²) in [5.41, 5.74) is 0. The largest absolute Gasteiger partial charge is 0.339 e. The van der Waals surface area contributed by atoms with E-state index in [0.717, 1.165) is 0 Å². The van der Waals surface area contributed by atoms with Gasteiger partial charge in [0.15, 0.2) is 0 Å². The van der Waals surface area contributed by atoms with Gasteiger partial charge in [-0.1, -0.05) is 0 Å². The van der Waals surface area contributed by atoms with Crippen LogP contribution in [0.5, 0.6) is 0 Å². The van der Waals surface area contributed by atoms with Crippen molar-refractivity contribution in [3.05, 3.63) is 0 Å². The van der Waals surface area contributed by atoms with Crippen LogP contribution in [0.4, 0.5) is 8.39 Å². The Balaban J connectivity index is 3.46. The van der Waals surface area contributed by atoms with E-state index >= 15 is 0 Å². The SMILES string of the molecule is F[P@@]1(Cl)=N[P@](F)(Cl)=NP(Cl)(Cl)=N1. The Kier molecular flexibility index (Phi) is 3.32. The number of hydrogen-bond donors (Lipinski definition) is 0. The molecule has 0 bridgehead atoms. The molecule has 0 fully saturated rings. The van der Waals surface area contributed by atoms with E-state index in [1.54, 1.807) is 0 Å². The van der Waals surface area contributed by atoms with Crippen LogP contribution in [0, 0.1) is 0 Å². The topological polar surface area (TPSA) is 37.1 Å². The molecule has 72 valence electrons. The Bertz CT molecular complexity index is 280. The van der Waals surface area contributed by atoms with Crippen molar-refractivity contribution in [1.82, 2.24) is 0 Å². The molecule has 2 atom stereocenters. The minimum Gasteiger partial charge on any atom is -0.170 e. The molecule has 0 aromatic carbocycles. The molecule has 12 heavy (non-hydrogen) atoms. The average Bonchev–Trinajstić information content (AvgIpc) is 1.44. The quantitative estimate of drug-likeness (QED) is 0.444. The lowest BCUT2D eigenvalue weighted by molar-refractivity contribution is 0.879. The predicted molar refractivity (Wildman–Crippen MR) is 53.7 cm³/mol. The third kappa shape index (κ3) is 3.46. The summed E-state index contributed by atoms with van der Waals surface area (Å²) in [5.74, 6) is -3.39. The molecule has 0 aromatic heterocycles. The summed E-state index contributed by atoms with van der Waals surface area (Å²) in [6.07, 6.45) is 0. The highest BCUT2D eigenvalue weighted by Gasteiger charge is 2.33. The van der Waals surface area contributed by atoms with Gasteiger partial charge in [-0.2, -0.15) is 21.9 Å². The van der Waals surface area contributed by atoms with Crippen molar-refractivity contribution >= 4 is 64.6 Å². The molecule has 3 nitrogen and oxygen atoms in total. The molecule has 1 rings (SSSR count). The summed E-state index contributed by atoms with van der Waals surface area (Å²) in [7, 11) is 0. The van der Waals surface area contributed by atoms with Crippen LogP contribution >= 0.6 is 64.6 Å². The van der Waals surface area contributed by atoms with Gasteiger partial charge in [-0.25, -0.2) is 0 Å². The predicted octanol–water partition coefficient (Wildman–Crippen LogP) is 6.73. The number of nitrogens with zero attached hydrogens (tertiary/aromatic N) is 3. The Hall–Kier alpha value is 1.71. The molecule has 0 unspecified atom stereocenters. The fraction of sp³-hybridized carbons (Fsp3) is 0. The van der Waals surface area contributed by atoms with Crippen molar-refractivity contribution in [2.75, 3.05) is 0 Å². The van der Waals surface area contributed by atoms with E-state index in [1.807, 2.05) is 0 Å². The monoisotopic (exact) mass is 313 g/mol. The molecule has 1 heterocycles. The molecule has 1 aliphatic heterocycles. The third-order valence-corrected chi connectivity index (χ3v) is 10.7. The van der Waals surface area contributed by atoms with Crippen molar-refractivity contribution < 1.29 is 8.39 Å². The molecule has 1 aliphatic rings. The molecule has 0 spiro atoms. The summed E-state index contributed by atoms with van der Waals surface area (Å²) >= 11 is 20.8. The maximum absolute atomic E-state index is 12.9. The van der Waals surface area contributed by atoms with Gasteiger partial charge in [0.25, 0.3) is 5.91 Å². The van der Waals surface area contributed by atoms with Gasteiger partial charge in [0.05, 0.1) is 0 Å². The summed E-state index contributed by atoms with van der Waals surface area (Å²) < 4.78 is 34.7. The first kappa shape index (κ1) is 11.8. The van der Waals surface area contributed by atoms with E-state index < -0.39 is 19.6 Å².